The van der Waals surface area contributed by atoms with Crippen LogP contribution in [0.25, 0.3) is 28.0 Å². The van der Waals surface area contributed by atoms with E-state index in [9.17, 15) is 0 Å². The fraction of sp³-hybridized carbons (Fsp3) is 0.302. The van der Waals surface area contributed by atoms with Crippen LogP contribution in [0.15, 0.2) is 95.9 Å². The second-order valence-corrected chi connectivity index (χ2v) is 14.5. The minimum absolute atomic E-state index is 0.0438. The smallest absolute Gasteiger partial charge is 0.178 e. The summed E-state index contributed by atoms with van der Waals surface area (Å²) < 4.78 is 18.8. The van der Waals surface area contributed by atoms with Crippen molar-refractivity contribution >= 4 is 41.2 Å². The summed E-state index contributed by atoms with van der Waals surface area (Å²) in [6, 6.07) is 30.7. The maximum atomic E-state index is 7.64. The summed E-state index contributed by atoms with van der Waals surface area (Å²) in [5.74, 6) is 3.29. The number of hydrogen-bond donors (Lipinski definition) is 1. The van der Waals surface area contributed by atoms with E-state index < -0.39 is 5.60 Å². The van der Waals surface area contributed by atoms with Crippen molar-refractivity contribution in [1.29, 1.82) is 0 Å². The zero-order valence-electron chi connectivity index (χ0n) is 28.0. The molecule has 1 fully saturated rings. The Balaban J connectivity index is 1.46. The van der Waals surface area contributed by atoms with E-state index in [2.05, 4.69) is 79.1 Å². The van der Waals surface area contributed by atoms with Gasteiger partial charge in [-0.1, -0.05) is 86.7 Å². The molecule has 0 amide bonds. The second-order valence-electron chi connectivity index (χ2n) is 13.4. The maximum Gasteiger partial charge on any atom is 0.178 e. The molecular formula is C43H42O3S2. The number of ether oxygens (including phenoxy) is 3. The molecule has 0 aromatic heterocycles. The first-order valence-electron chi connectivity index (χ1n) is 17.2. The molecule has 0 bridgehead atoms. The van der Waals surface area contributed by atoms with Crippen LogP contribution in [0.2, 0.25) is 0 Å². The van der Waals surface area contributed by atoms with Crippen molar-refractivity contribution in [3.8, 4) is 28.4 Å². The number of rotatable bonds is 6. The van der Waals surface area contributed by atoms with Crippen molar-refractivity contribution in [2.45, 2.75) is 66.6 Å². The van der Waals surface area contributed by atoms with Crippen molar-refractivity contribution in [1.82, 2.24) is 0 Å². The summed E-state index contributed by atoms with van der Waals surface area (Å²) in [4.78, 5) is 1.24. The van der Waals surface area contributed by atoms with Crippen molar-refractivity contribution in [2.75, 3.05) is 20.5 Å². The molecule has 0 N–H and O–H groups in total. The van der Waals surface area contributed by atoms with Crippen LogP contribution < -0.4 is 14.2 Å². The third kappa shape index (κ3) is 4.80. The van der Waals surface area contributed by atoms with Crippen LogP contribution in [0.5, 0.6) is 17.2 Å². The van der Waals surface area contributed by atoms with E-state index in [0.29, 0.717) is 5.75 Å². The average Bonchev–Trinajstić information content (AvgIpc) is 3.43. The molecule has 5 aromatic rings. The van der Waals surface area contributed by atoms with Gasteiger partial charge in [-0.15, -0.1) is 11.8 Å². The molecule has 1 aliphatic heterocycles. The number of hydrogen-bond acceptors (Lipinski definition) is 5. The minimum atomic E-state index is -0.853. The highest BCUT2D eigenvalue weighted by molar-refractivity contribution is 7.98. The minimum Gasteiger partial charge on any atom is -0.497 e. The summed E-state index contributed by atoms with van der Waals surface area (Å²) in [5.41, 5.74) is 9.43. The maximum absolute atomic E-state index is 7.64. The molecule has 1 spiro atoms. The standard InChI is InChI=1S/C43H42O3S2/c1-44-31-17-13-29(14-18-31)43(30-15-19-32(45-2)20-16-30)24-21-34-40-39(35-25-28(27-47)38(48-3)26-36(35)41(34)46-43)33-11-7-8-12-37(33)42(40)22-9-5-4-6-10-23-42/h7-8,11-21,24-26,47H,4-6,9-10,22-23,27H2,1-3H3. The Morgan fingerprint density at radius 3 is 2.00 bits per heavy atom. The lowest BCUT2D eigenvalue weighted by Crippen LogP contribution is -2.35. The molecule has 1 heterocycles. The van der Waals surface area contributed by atoms with Crippen LogP contribution in [-0.2, 0) is 16.8 Å². The molecule has 0 saturated heterocycles. The van der Waals surface area contributed by atoms with Gasteiger partial charge in [-0.25, -0.2) is 0 Å². The highest BCUT2D eigenvalue weighted by atomic mass is 32.2. The molecule has 3 aliphatic rings. The predicted molar refractivity (Wildman–Crippen MR) is 203 cm³/mol. The van der Waals surface area contributed by atoms with Gasteiger partial charge in [-0.2, -0.15) is 12.6 Å². The van der Waals surface area contributed by atoms with Gasteiger partial charge in [0.05, 0.1) is 14.2 Å². The fourth-order valence-corrected chi connectivity index (χ4v) is 9.74. The third-order valence-electron chi connectivity index (χ3n) is 11.1. The lowest BCUT2D eigenvalue weighted by atomic mass is 9.67. The lowest BCUT2D eigenvalue weighted by molar-refractivity contribution is 0.163. The first-order valence-corrected chi connectivity index (χ1v) is 19.0. The van der Waals surface area contributed by atoms with Gasteiger partial charge >= 0.3 is 0 Å². The van der Waals surface area contributed by atoms with Gasteiger partial charge in [0.1, 0.15) is 17.2 Å². The zero-order chi connectivity index (χ0) is 32.9. The van der Waals surface area contributed by atoms with E-state index in [4.69, 9.17) is 26.8 Å². The number of thiol groups is 1. The zero-order valence-corrected chi connectivity index (χ0v) is 29.7. The molecular weight excluding hydrogens is 629 g/mol. The predicted octanol–water partition coefficient (Wildman–Crippen LogP) is 11.4. The highest BCUT2D eigenvalue weighted by Gasteiger charge is 2.48. The number of methoxy groups -OCH3 is 2. The Hall–Kier alpha value is -3.80. The van der Waals surface area contributed by atoms with Crippen molar-refractivity contribution < 1.29 is 14.2 Å². The largest absolute Gasteiger partial charge is 0.497 e. The van der Waals surface area contributed by atoms with E-state index in [-0.39, 0.29) is 5.41 Å². The van der Waals surface area contributed by atoms with E-state index in [1.807, 2.05) is 24.3 Å². The Morgan fingerprint density at radius 1 is 0.771 bits per heavy atom. The van der Waals surface area contributed by atoms with E-state index in [1.165, 1.54) is 75.8 Å². The van der Waals surface area contributed by atoms with Crippen molar-refractivity contribution in [2.24, 2.45) is 0 Å². The SMILES string of the molecule is COc1ccc(C2(c3ccc(OC)cc3)C=Cc3c4c(c5cc(CS)c(SC)cc5c3O2)-c2ccccc2C42CCCCCCC2)cc1. The molecule has 0 unspecified atom stereocenters. The molecule has 2 aliphatic carbocycles. The Morgan fingerprint density at radius 2 is 1.40 bits per heavy atom. The van der Waals surface area contributed by atoms with Crippen LogP contribution >= 0.6 is 24.4 Å². The van der Waals surface area contributed by atoms with Crippen LogP contribution in [-0.4, -0.2) is 20.5 Å². The third-order valence-corrected chi connectivity index (χ3v) is 12.2. The summed E-state index contributed by atoms with van der Waals surface area (Å²) >= 11 is 6.60. The summed E-state index contributed by atoms with van der Waals surface area (Å²) in [7, 11) is 3.42. The first-order chi connectivity index (χ1) is 23.6. The van der Waals surface area contributed by atoms with Crippen molar-refractivity contribution in [3.63, 3.8) is 0 Å². The van der Waals surface area contributed by atoms with E-state index in [0.717, 1.165) is 46.6 Å². The Kier molecular flexibility index (Phi) is 8.25. The number of thioether (sulfide) groups is 1. The molecule has 1 saturated carbocycles. The van der Waals surface area contributed by atoms with Crippen molar-refractivity contribution in [3.05, 3.63) is 124 Å². The van der Waals surface area contributed by atoms with Gasteiger partial charge in [-0.05, 0) is 94.8 Å². The highest BCUT2D eigenvalue weighted by Crippen LogP contribution is 2.62. The summed E-state index contributed by atoms with van der Waals surface area (Å²) in [6.45, 7) is 0. The van der Waals surface area contributed by atoms with Crippen LogP contribution in [0.3, 0.4) is 0 Å². The number of benzene rings is 5. The molecule has 0 atom stereocenters. The lowest BCUT2D eigenvalue weighted by Gasteiger charge is -2.40. The quantitative estimate of drug-likeness (QED) is 0.144. The van der Waals surface area contributed by atoms with Gasteiger partial charge in [0.25, 0.3) is 0 Å². The first kappa shape index (κ1) is 31.5. The molecule has 244 valence electrons. The molecule has 48 heavy (non-hydrogen) atoms. The van der Waals surface area contributed by atoms with Gasteiger partial charge in [-0.3, -0.25) is 0 Å². The van der Waals surface area contributed by atoms with E-state index in [1.54, 1.807) is 26.0 Å². The normalized spacial score (nSPS) is 17.2. The Labute approximate surface area is 294 Å². The molecule has 0 radical (unpaired) electrons. The molecule has 5 aromatic carbocycles. The molecule has 3 nitrogen and oxygen atoms in total. The van der Waals surface area contributed by atoms with Gasteiger partial charge in [0.2, 0.25) is 0 Å². The topological polar surface area (TPSA) is 27.7 Å². The van der Waals surface area contributed by atoms with Gasteiger partial charge in [0, 0.05) is 38.1 Å². The van der Waals surface area contributed by atoms with Gasteiger partial charge in [0.15, 0.2) is 5.60 Å². The molecule has 8 rings (SSSR count). The number of fused-ring (bicyclic) bond motifs is 10. The van der Waals surface area contributed by atoms with Crippen LogP contribution in [0, 0.1) is 0 Å². The summed E-state index contributed by atoms with van der Waals surface area (Å²) in [5, 5.41) is 2.43. The second kappa shape index (κ2) is 12.6. The fourth-order valence-electron chi connectivity index (χ4n) is 8.74. The van der Waals surface area contributed by atoms with Crippen LogP contribution in [0.1, 0.15) is 78.3 Å². The van der Waals surface area contributed by atoms with Crippen LogP contribution in [0.4, 0.5) is 0 Å². The average molecular weight is 671 g/mol. The molecule has 5 heteroatoms. The van der Waals surface area contributed by atoms with Gasteiger partial charge < -0.3 is 14.2 Å². The summed E-state index contributed by atoms with van der Waals surface area (Å²) in [6.07, 6.45) is 15.6. The Bertz CT molecular complexity index is 1970. The van der Waals surface area contributed by atoms with E-state index >= 15 is 0 Å². The monoisotopic (exact) mass is 670 g/mol.